The lowest BCUT2D eigenvalue weighted by atomic mass is 10.1. The Morgan fingerprint density at radius 1 is 1.21 bits per heavy atom. The van der Waals surface area contributed by atoms with E-state index >= 15 is 0 Å². The number of hydrogen-bond donors (Lipinski definition) is 1. The summed E-state index contributed by atoms with van der Waals surface area (Å²) in [5.74, 6) is -0.470. The number of nitrogens with two attached hydrogens (primary N) is 1. The van der Waals surface area contributed by atoms with Crippen LogP contribution < -0.4 is 10.6 Å². The topological polar surface area (TPSA) is 86.9 Å². The fraction of sp³-hybridized carbons (Fsp3) is 0.471. The zero-order valence-electron chi connectivity index (χ0n) is 13.8. The third-order valence-electron chi connectivity index (χ3n) is 4.74. The molecule has 2 aliphatic heterocycles. The number of hydrogen-bond acceptors (Lipinski definition) is 4. The number of anilines is 1. The molecule has 1 aromatic rings. The van der Waals surface area contributed by atoms with Crippen molar-refractivity contribution in [2.45, 2.75) is 18.9 Å². The molecule has 7 heteroatoms. The second kappa shape index (κ2) is 6.60. The van der Waals surface area contributed by atoms with Gasteiger partial charge in [0.1, 0.15) is 6.04 Å². The van der Waals surface area contributed by atoms with E-state index in [0.717, 1.165) is 12.1 Å². The molecule has 2 N–H and O–H groups in total. The lowest BCUT2D eigenvalue weighted by Crippen LogP contribution is -2.57. The number of carbonyl (C=O) groups is 3. The highest BCUT2D eigenvalue weighted by Crippen LogP contribution is 2.23. The summed E-state index contributed by atoms with van der Waals surface area (Å²) in [6.07, 6.45) is 1.40. The molecule has 0 aliphatic carbocycles. The van der Waals surface area contributed by atoms with Crippen molar-refractivity contribution < 1.29 is 14.4 Å². The van der Waals surface area contributed by atoms with Gasteiger partial charge in [-0.15, -0.1) is 0 Å². The SMILES string of the molecule is CN1CCN(C(=O)c2cccc(N3CCCC3=O)c2)C[C@H]1C(N)=O. The van der Waals surface area contributed by atoms with Crippen molar-refractivity contribution in [3.05, 3.63) is 29.8 Å². The molecular formula is C17H22N4O3. The Labute approximate surface area is 141 Å². The van der Waals surface area contributed by atoms with Crippen LogP contribution in [0.3, 0.4) is 0 Å². The van der Waals surface area contributed by atoms with Gasteiger partial charge < -0.3 is 15.5 Å². The Balaban J connectivity index is 1.78. The van der Waals surface area contributed by atoms with Gasteiger partial charge >= 0.3 is 0 Å². The summed E-state index contributed by atoms with van der Waals surface area (Å²) in [5.41, 5.74) is 6.70. The van der Waals surface area contributed by atoms with Gasteiger partial charge in [0.2, 0.25) is 11.8 Å². The molecule has 2 saturated heterocycles. The van der Waals surface area contributed by atoms with E-state index in [0.29, 0.717) is 31.6 Å². The average Bonchev–Trinajstić information content (AvgIpc) is 3.00. The van der Waals surface area contributed by atoms with Crippen LogP contribution in [-0.4, -0.2) is 66.8 Å². The number of piperazine rings is 1. The Morgan fingerprint density at radius 2 is 2.00 bits per heavy atom. The van der Waals surface area contributed by atoms with Crippen LogP contribution in [0, 0.1) is 0 Å². The van der Waals surface area contributed by atoms with Crippen LogP contribution in [0.4, 0.5) is 5.69 Å². The second-order valence-electron chi connectivity index (χ2n) is 6.35. The summed E-state index contributed by atoms with van der Waals surface area (Å²) in [6.45, 7) is 2.13. The predicted octanol–water partition coefficient (Wildman–Crippen LogP) is 0.0549. The van der Waals surface area contributed by atoms with Crippen molar-refractivity contribution in [2.24, 2.45) is 5.73 Å². The molecule has 2 fully saturated rings. The molecule has 2 heterocycles. The molecular weight excluding hydrogens is 308 g/mol. The Kier molecular flexibility index (Phi) is 4.53. The zero-order valence-corrected chi connectivity index (χ0v) is 13.8. The molecule has 1 atom stereocenters. The summed E-state index contributed by atoms with van der Waals surface area (Å²) in [6, 6.07) is 6.66. The molecule has 0 unspecified atom stereocenters. The number of likely N-dealkylation sites (N-methyl/N-ethyl adjacent to an activating group) is 1. The highest BCUT2D eigenvalue weighted by molar-refractivity contribution is 5.99. The maximum atomic E-state index is 12.8. The van der Waals surface area contributed by atoms with Crippen LogP contribution in [0.1, 0.15) is 23.2 Å². The first-order valence-corrected chi connectivity index (χ1v) is 8.16. The minimum Gasteiger partial charge on any atom is -0.368 e. The first-order valence-electron chi connectivity index (χ1n) is 8.16. The molecule has 2 aliphatic rings. The summed E-state index contributed by atoms with van der Waals surface area (Å²) in [4.78, 5) is 41.4. The Hall–Kier alpha value is -2.41. The van der Waals surface area contributed by atoms with E-state index in [-0.39, 0.29) is 18.4 Å². The quantitative estimate of drug-likeness (QED) is 0.849. The minimum atomic E-state index is -0.467. The van der Waals surface area contributed by atoms with Crippen LogP contribution >= 0.6 is 0 Å². The van der Waals surface area contributed by atoms with E-state index in [1.165, 1.54) is 0 Å². The number of primary amides is 1. The molecule has 128 valence electrons. The maximum absolute atomic E-state index is 12.8. The number of carbonyl (C=O) groups excluding carboxylic acids is 3. The van der Waals surface area contributed by atoms with Gasteiger partial charge in [-0.2, -0.15) is 0 Å². The van der Waals surface area contributed by atoms with Crippen molar-refractivity contribution in [3.8, 4) is 0 Å². The molecule has 24 heavy (non-hydrogen) atoms. The van der Waals surface area contributed by atoms with Crippen LogP contribution in [-0.2, 0) is 9.59 Å². The summed E-state index contributed by atoms with van der Waals surface area (Å²) in [5, 5.41) is 0. The Bertz CT molecular complexity index is 676. The fourth-order valence-corrected chi connectivity index (χ4v) is 3.28. The first-order chi connectivity index (χ1) is 11.5. The van der Waals surface area contributed by atoms with Gasteiger partial charge in [-0.05, 0) is 31.7 Å². The largest absolute Gasteiger partial charge is 0.368 e. The highest BCUT2D eigenvalue weighted by Gasteiger charge is 2.31. The average molecular weight is 330 g/mol. The number of rotatable bonds is 3. The third-order valence-corrected chi connectivity index (χ3v) is 4.74. The first kappa shape index (κ1) is 16.4. The zero-order chi connectivity index (χ0) is 17.3. The Morgan fingerprint density at radius 3 is 2.67 bits per heavy atom. The standard InChI is InChI=1S/C17H22N4O3/c1-19-8-9-20(11-14(19)16(18)23)17(24)12-4-2-5-13(10-12)21-7-3-6-15(21)22/h2,4-5,10,14H,3,6-9,11H2,1H3,(H2,18,23)/t14-/m0/s1. The molecule has 3 rings (SSSR count). The second-order valence-corrected chi connectivity index (χ2v) is 6.35. The number of benzene rings is 1. The third kappa shape index (κ3) is 3.12. The lowest BCUT2D eigenvalue weighted by molar-refractivity contribution is -0.124. The van der Waals surface area contributed by atoms with Crippen LogP contribution in [0.2, 0.25) is 0 Å². The van der Waals surface area contributed by atoms with Gasteiger partial charge in [-0.1, -0.05) is 6.07 Å². The van der Waals surface area contributed by atoms with E-state index < -0.39 is 11.9 Å². The molecule has 1 aromatic carbocycles. The number of nitrogens with zero attached hydrogens (tertiary/aromatic N) is 3. The molecule has 7 nitrogen and oxygen atoms in total. The summed E-state index contributed by atoms with van der Waals surface area (Å²) >= 11 is 0. The maximum Gasteiger partial charge on any atom is 0.254 e. The van der Waals surface area contributed by atoms with Crippen LogP contribution in [0.5, 0.6) is 0 Å². The molecule has 0 radical (unpaired) electrons. The summed E-state index contributed by atoms with van der Waals surface area (Å²) < 4.78 is 0. The van der Waals surface area contributed by atoms with Crippen molar-refractivity contribution in [3.63, 3.8) is 0 Å². The normalized spacial score (nSPS) is 22.0. The smallest absolute Gasteiger partial charge is 0.254 e. The molecule has 0 aromatic heterocycles. The predicted molar refractivity (Wildman–Crippen MR) is 89.5 cm³/mol. The van der Waals surface area contributed by atoms with E-state index in [2.05, 4.69) is 0 Å². The van der Waals surface area contributed by atoms with Crippen LogP contribution in [0.25, 0.3) is 0 Å². The molecule has 0 spiro atoms. The van der Waals surface area contributed by atoms with Gasteiger partial charge in [0.15, 0.2) is 0 Å². The summed E-state index contributed by atoms with van der Waals surface area (Å²) in [7, 11) is 1.83. The van der Waals surface area contributed by atoms with E-state index in [1.54, 1.807) is 28.0 Å². The van der Waals surface area contributed by atoms with Gasteiger partial charge in [-0.25, -0.2) is 0 Å². The van der Waals surface area contributed by atoms with Crippen LogP contribution in [0.15, 0.2) is 24.3 Å². The van der Waals surface area contributed by atoms with Crippen molar-refractivity contribution in [1.82, 2.24) is 9.80 Å². The number of amides is 3. The molecule has 3 amide bonds. The monoisotopic (exact) mass is 330 g/mol. The lowest BCUT2D eigenvalue weighted by Gasteiger charge is -2.37. The van der Waals surface area contributed by atoms with Crippen molar-refractivity contribution >= 4 is 23.4 Å². The highest BCUT2D eigenvalue weighted by atomic mass is 16.2. The van der Waals surface area contributed by atoms with E-state index in [1.807, 2.05) is 18.0 Å². The van der Waals surface area contributed by atoms with Gasteiger partial charge in [-0.3, -0.25) is 19.3 Å². The van der Waals surface area contributed by atoms with Crippen molar-refractivity contribution in [1.29, 1.82) is 0 Å². The van der Waals surface area contributed by atoms with E-state index in [4.69, 9.17) is 5.73 Å². The van der Waals surface area contributed by atoms with Gasteiger partial charge in [0, 0.05) is 43.9 Å². The van der Waals surface area contributed by atoms with Gasteiger partial charge in [0.05, 0.1) is 0 Å². The molecule has 0 bridgehead atoms. The van der Waals surface area contributed by atoms with E-state index in [9.17, 15) is 14.4 Å². The minimum absolute atomic E-state index is 0.0907. The van der Waals surface area contributed by atoms with Gasteiger partial charge in [0.25, 0.3) is 5.91 Å². The fourth-order valence-electron chi connectivity index (χ4n) is 3.28. The molecule has 0 saturated carbocycles. The van der Waals surface area contributed by atoms with Crippen molar-refractivity contribution in [2.75, 3.05) is 38.1 Å².